The second-order valence-electron chi connectivity index (χ2n) is 10.4. The van der Waals surface area contributed by atoms with Gasteiger partial charge in [-0.2, -0.15) is 0 Å². The summed E-state index contributed by atoms with van der Waals surface area (Å²) < 4.78 is 0. The van der Waals surface area contributed by atoms with Crippen LogP contribution in [0.4, 0.5) is 0 Å². The maximum atomic E-state index is 4.73. The number of aromatic nitrogens is 2. The molecule has 0 aliphatic carbocycles. The highest BCUT2D eigenvalue weighted by Crippen LogP contribution is 2.25. The van der Waals surface area contributed by atoms with E-state index in [0.29, 0.717) is 5.92 Å². The van der Waals surface area contributed by atoms with Crippen molar-refractivity contribution in [3.8, 4) is 11.3 Å². The molecule has 0 aromatic carbocycles. The van der Waals surface area contributed by atoms with Gasteiger partial charge in [0.15, 0.2) is 0 Å². The number of aliphatic imine (C=N–C) groups is 2. The average Bonchev–Trinajstić information content (AvgIpc) is 2.88. The zero-order valence-electron chi connectivity index (χ0n) is 24.5. The summed E-state index contributed by atoms with van der Waals surface area (Å²) >= 11 is 0. The molecule has 5 heteroatoms. The average molecular weight is 502 g/mol. The summed E-state index contributed by atoms with van der Waals surface area (Å²) in [7, 11) is 1.79. The molecule has 1 saturated heterocycles. The number of hydrogen-bond acceptors (Lipinski definition) is 5. The fraction of sp³-hybridized carbons (Fsp3) is 0.500. The Balaban J connectivity index is 0.000000261. The van der Waals surface area contributed by atoms with Crippen LogP contribution >= 0.6 is 0 Å². The topological polar surface area (TPSA) is 53.7 Å². The van der Waals surface area contributed by atoms with E-state index in [-0.39, 0.29) is 0 Å². The van der Waals surface area contributed by atoms with Crippen molar-refractivity contribution in [3.05, 3.63) is 70.5 Å². The van der Waals surface area contributed by atoms with Crippen molar-refractivity contribution in [1.82, 2.24) is 14.9 Å². The molecule has 3 heterocycles. The van der Waals surface area contributed by atoms with Crippen molar-refractivity contribution in [2.45, 2.75) is 80.6 Å². The van der Waals surface area contributed by atoms with Gasteiger partial charge in [-0.15, -0.1) is 0 Å². The minimum Gasteiger partial charge on any atom is -0.357 e. The highest BCUT2D eigenvalue weighted by Gasteiger charge is 2.18. The van der Waals surface area contributed by atoms with Crippen molar-refractivity contribution in [3.63, 3.8) is 0 Å². The van der Waals surface area contributed by atoms with Crippen LogP contribution in [-0.4, -0.2) is 47.4 Å². The minimum atomic E-state index is 0.435. The summed E-state index contributed by atoms with van der Waals surface area (Å²) in [6.45, 7) is 19.6. The monoisotopic (exact) mass is 501 g/mol. The molecular formula is C32H47N5. The van der Waals surface area contributed by atoms with Gasteiger partial charge in [0.25, 0.3) is 0 Å². The maximum Gasteiger partial charge on any atom is 0.127 e. The minimum absolute atomic E-state index is 0.435. The van der Waals surface area contributed by atoms with E-state index in [1.54, 1.807) is 13.2 Å². The Morgan fingerprint density at radius 1 is 1.19 bits per heavy atom. The second kappa shape index (κ2) is 15.2. The van der Waals surface area contributed by atoms with Crippen LogP contribution in [0.3, 0.4) is 0 Å². The molecular weight excluding hydrogens is 454 g/mol. The van der Waals surface area contributed by atoms with Crippen LogP contribution in [0.1, 0.15) is 90.3 Å². The first-order valence-corrected chi connectivity index (χ1v) is 13.7. The van der Waals surface area contributed by atoms with Gasteiger partial charge in [-0.05, 0) is 98.8 Å². The molecule has 0 spiro atoms. The molecule has 3 rings (SSSR count). The number of hydrogen-bond donors (Lipinski definition) is 0. The lowest BCUT2D eigenvalue weighted by Gasteiger charge is -2.32. The predicted octanol–water partition coefficient (Wildman–Crippen LogP) is 8.02. The molecule has 2 aromatic rings. The van der Waals surface area contributed by atoms with Gasteiger partial charge in [0.1, 0.15) is 5.82 Å². The van der Waals surface area contributed by atoms with Crippen molar-refractivity contribution in [1.29, 1.82) is 0 Å². The van der Waals surface area contributed by atoms with E-state index in [4.69, 9.17) is 4.99 Å². The SMILES string of the molecule is C/C=C(\C=N/C(=C(C)C)N1CCC(C)CC1)CC.CN=Cc1cc(-c2cnccc2C)ncc1C(C)C. The lowest BCUT2D eigenvalue weighted by atomic mass is 9.97. The van der Waals surface area contributed by atoms with Crippen molar-refractivity contribution < 1.29 is 0 Å². The molecule has 200 valence electrons. The van der Waals surface area contributed by atoms with E-state index in [1.807, 2.05) is 30.9 Å². The van der Waals surface area contributed by atoms with E-state index < -0.39 is 0 Å². The Bertz CT molecular complexity index is 1110. The molecule has 2 aromatic heterocycles. The van der Waals surface area contributed by atoms with E-state index in [9.17, 15) is 0 Å². The fourth-order valence-electron chi connectivity index (χ4n) is 4.36. The summed E-state index contributed by atoms with van der Waals surface area (Å²) in [4.78, 5) is 20.1. The Morgan fingerprint density at radius 3 is 2.43 bits per heavy atom. The molecule has 37 heavy (non-hydrogen) atoms. The molecule has 0 amide bonds. The first-order valence-electron chi connectivity index (χ1n) is 13.7. The van der Waals surface area contributed by atoms with Gasteiger partial charge in [-0.3, -0.25) is 15.0 Å². The predicted molar refractivity (Wildman–Crippen MR) is 161 cm³/mol. The lowest BCUT2D eigenvalue weighted by Crippen LogP contribution is -2.32. The van der Waals surface area contributed by atoms with Gasteiger partial charge in [-0.25, -0.2) is 4.99 Å². The third kappa shape index (κ3) is 9.07. The molecule has 1 aliphatic rings. The van der Waals surface area contributed by atoms with E-state index >= 15 is 0 Å². The van der Waals surface area contributed by atoms with Crippen molar-refractivity contribution >= 4 is 12.4 Å². The summed E-state index contributed by atoms with van der Waals surface area (Å²) in [6, 6.07) is 4.09. The van der Waals surface area contributed by atoms with Gasteiger partial charge in [0.2, 0.25) is 0 Å². The van der Waals surface area contributed by atoms with E-state index in [0.717, 1.165) is 42.2 Å². The molecule has 0 saturated carbocycles. The summed E-state index contributed by atoms with van der Waals surface area (Å²) in [6.07, 6.45) is 15.3. The highest BCUT2D eigenvalue weighted by molar-refractivity contribution is 5.84. The standard InChI is InChI=1S/C16H19N3.C16H28N2/c1-11(2)14-10-19-16(7-13(14)8-17-4)15-9-18-6-5-12(15)3;1-6-15(7-2)12-17-16(13(3)4)18-10-8-14(5)9-11-18/h5-11H,1-4H3;6,12,14H,7-11H2,1-5H3/b;15-6-,17-12-. The normalized spacial score (nSPS) is 14.9. The molecule has 0 radical (unpaired) electrons. The smallest absolute Gasteiger partial charge is 0.127 e. The fourth-order valence-corrected chi connectivity index (χ4v) is 4.36. The lowest BCUT2D eigenvalue weighted by molar-refractivity contribution is 0.234. The molecule has 0 N–H and O–H groups in total. The van der Waals surface area contributed by atoms with E-state index in [2.05, 4.69) is 87.4 Å². The zero-order valence-corrected chi connectivity index (χ0v) is 24.5. The van der Waals surface area contributed by atoms with E-state index in [1.165, 1.54) is 40.9 Å². The molecule has 1 fully saturated rings. The van der Waals surface area contributed by atoms with Crippen LogP contribution in [-0.2, 0) is 0 Å². The highest BCUT2D eigenvalue weighted by atomic mass is 15.2. The number of aryl methyl sites for hydroxylation is 1. The van der Waals surface area contributed by atoms with Crippen LogP contribution in [0.2, 0.25) is 0 Å². The van der Waals surface area contributed by atoms with Gasteiger partial charge in [-0.1, -0.05) is 33.8 Å². The summed E-state index contributed by atoms with van der Waals surface area (Å²) in [5.41, 5.74) is 8.17. The quantitative estimate of drug-likeness (QED) is 0.361. The van der Waals surface area contributed by atoms with Crippen molar-refractivity contribution in [2.75, 3.05) is 20.1 Å². The number of nitrogens with zero attached hydrogens (tertiary/aromatic N) is 5. The summed E-state index contributed by atoms with van der Waals surface area (Å²) in [5.74, 6) is 2.48. The number of piperidine rings is 1. The molecule has 0 bridgehead atoms. The number of pyridine rings is 2. The van der Waals surface area contributed by atoms with Crippen LogP contribution in [0.25, 0.3) is 11.3 Å². The van der Waals surface area contributed by atoms with Gasteiger partial charge < -0.3 is 4.90 Å². The third-order valence-electron chi connectivity index (χ3n) is 6.84. The Kier molecular flexibility index (Phi) is 12.4. The molecule has 1 aliphatic heterocycles. The van der Waals surface area contributed by atoms with Crippen LogP contribution in [0, 0.1) is 12.8 Å². The third-order valence-corrected chi connectivity index (χ3v) is 6.84. The first-order chi connectivity index (χ1) is 17.7. The Labute approximate surface area is 225 Å². The molecule has 5 nitrogen and oxygen atoms in total. The second-order valence-corrected chi connectivity index (χ2v) is 10.4. The maximum absolute atomic E-state index is 4.73. The number of rotatable bonds is 7. The van der Waals surface area contributed by atoms with Gasteiger partial charge >= 0.3 is 0 Å². The molecule has 0 atom stereocenters. The summed E-state index contributed by atoms with van der Waals surface area (Å²) in [5, 5.41) is 0. The Morgan fingerprint density at radius 2 is 1.89 bits per heavy atom. The largest absolute Gasteiger partial charge is 0.357 e. The van der Waals surface area contributed by atoms with Crippen molar-refractivity contribution in [2.24, 2.45) is 15.9 Å². The molecule has 0 unspecified atom stereocenters. The van der Waals surface area contributed by atoms with Gasteiger partial charge in [0, 0.05) is 56.7 Å². The Hall–Kier alpha value is -3.08. The van der Waals surface area contributed by atoms with Gasteiger partial charge in [0.05, 0.1) is 5.69 Å². The number of allylic oxidation sites excluding steroid dienone is 3. The number of likely N-dealkylation sites (tertiary alicyclic amines) is 1. The van der Waals surface area contributed by atoms with Crippen LogP contribution in [0.5, 0.6) is 0 Å². The first kappa shape index (κ1) is 30.1. The van der Waals surface area contributed by atoms with Crippen LogP contribution < -0.4 is 0 Å². The van der Waals surface area contributed by atoms with Crippen LogP contribution in [0.15, 0.2) is 63.8 Å². The zero-order chi connectivity index (χ0) is 27.4.